The van der Waals surface area contributed by atoms with Gasteiger partial charge >= 0.3 is 56.4 Å². The van der Waals surface area contributed by atoms with Crippen molar-refractivity contribution in [3.8, 4) is 0 Å². The van der Waals surface area contributed by atoms with E-state index in [1.807, 2.05) is 6.07 Å². The number of benzene rings is 1. The van der Waals surface area contributed by atoms with Gasteiger partial charge in [-0.2, -0.15) is 0 Å². The molecular formula is C6H7O2Sn. The Labute approximate surface area is 67.2 Å². The Kier molecular flexibility index (Phi) is 6.02. The van der Waals surface area contributed by atoms with Crippen LogP contribution in [0.2, 0.25) is 0 Å². The van der Waals surface area contributed by atoms with Crippen molar-refractivity contribution >= 4 is 26.1 Å². The van der Waals surface area contributed by atoms with E-state index < -0.39 is 0 Å². The number of hydrogen-bond acceptors (Lipinski definition) is 2. The van der Waals surface area contributed by atoms with Crippen molar-refractivity contribution in [2.24, 2.45) is 0 Å². The van der Waals surface area contributed by atoms with Crippen LogP contribution in [0.15, 0.2) is 30.3 Å². The summed E-state index contributed by atoms with van der Waals surface area (Å²) >= 11 is 1.49. The summed E-state index contributed by atoms with van der Waals surface area (Å²) in [4.78, 5) is 0. The Morgan fingerprint density at radius 3 is 1.67 bits per heavy atom. The Hall–Kier alpha value is -0.0613. The molecule has 0 aromatic heterocycles. The SMILES string of the molecule is OO.[Sn][c]1ccccc1. The van der Waals surface area contributed by atoms with Crippen molar-refractivity contribution in [1.29, 1.82) is 0 Å². The van der Waals surface area contributed by atoms with Gasteiger partial charge in [-0.15, -0.1) is 0 Å². The van der Waals surface area contributed by atoms with Gasteiger partial charge < -0.3 is 0 Å². The van der Waals surface area contributed by atoms with Crippen LogP contribution in [0.1, 0.15) is 0 Å². The third-order valence-corrected chi connectivity index (χ3v) is 1.73. The molecule has 0 heterocycles. The van der Waals surface area contributed by atoms with E-state index in [1.165, 1.54) is 26.1 Å². The van der Waals surface area contributed by atoms with E-state index >= 15 is 0 Å². The Morgan fingerprint density at radius 2 is 1.44 bits per heavy atom. The summed E-state index contributed by atoms with van der Waals surface area (Å²) in [5.41, 5.74) is 0. The van der Waals surface area contributed by atoms with E-state index in [1.54, 1.807) is 0 Å². The molecule has 0 saturated carbocycles. The molecule has 0 bridgehead atoms. The molecule has 0 saturated heterocycles. The summed E-state index contributed by atoms with van der Waals surface area (Å²) in [5, 5.41) is 12.0. The molecular weight excluding hydrogens is 223 g/mol. The van der Waals surface area contributed by atoms with Gasteiger partial charge in [0.25, 0.3) is 0 Å². The number of rotatable bonds is 0. The zero-order chi connectivity index (χ0) is 7.11. The van der Waals surface area contributed by atoms with E-state index in [4.69, 9.17) is 10.5 Å². The molecule has 0 aliphatic heterocycles. The van der Waals surface area contributed by atoms with Crippen molar-refractivity contribution in [2.45, 2.75) is 0 Å². The Balaban J connectivity index is 0.000000291. The number of hydrogen-bond donors (Lipinski definition) is 2. The molecule has 1 aromatic carbocycles. The first-order chi connectivity index (χ1) is 4.39. The first kappa shape index (κ1) is 8.94. The normalized spacial score (nSPS) is 7.44. The van der Waals surface area contributed by atoms with Crippen LogP contribution in [0, 0.1) is 0 Å². The molecule has 0 amide bonds. The van der Waals surface area contributed by atoms with Gasteiger partial charge in [0.15, 0.2) is 0 Å². The monoisotopic (exact) mass is 231 g/mol. The second-order valence-corrected chi connectivity index (χ2v) is 3.01. The quantitative estimate of drug-likeness (QED) is 0.387. The van der Waals surface area contributed by atoms with Crippen LogP contribution in [0.4, 0.5) is 0 Å². The van der Waals surface area contributed by atoms with Crippen LogP contribution in [-0.4, -0.2) is 33.0 Å². The molecule has 3 radical (unpaired) electrons. The molecule has 0 spiro atoms. The van der Waals surface area contributed by atoms with E-state index in [0.717, 1.165) is 0 Å². The molecule has 0 atom stereocenters. The zero-order valence-corrected chi connectivity index (χ0v) is 7.64. The van der Waals surface area contributed by atoms with Crippen LogP contribution in [0.3, 0.4) is 0 Å². The Morgan fingerprint density at radius 1 is 1.00 bits per heavy atom. The predicted octanol–water partition coefficient (Wildman–Crippen LogP) is 0.498. The van der Waals surface area contributed by atoms with Crippen molar-refractivity contribution in [3.05, 3.63) is 30.3 Å². The average molecular weight is 230 g/mol. The summed E-state index contributed by atoms with van der Waals surface area (Å²) in [6, 6.07) is 10.4. The minimum atomic E-state index is 1.41. The van der Waals surface area contributed by atoms with Gasteiger partial charge in [0.2, 0.25) is 0 Å². The fourth-order valence-electron chi connectivity index (χ4n) is 0.438. The first-order valence-corrected chi connectivity index (χ1v) is 3.79. The van der Waals surface area contributed by atoms with E-state index in [9.17, 15) is 0 Å². The third kappa shape index (κ3) is 4.44. The topological polar surface area (TPSA) is 40.5 Å². The van der Waals surface area contributed by atoms with Crippen LogP contribution in [-0.2, 0) is 0 Å². The van der Waals surface area contributed by atoms with Crippen LogP contribution >= 0.6 is 0 Å². The average Bonchev–Trinajstić information content (AvgIpc) is 1.94. The van der Waals surface area contributed by atoms with Gasteiger partial charge in [-0.1, -0.05) is 0 Å². The minimum absolute atomic E-state index is 1.41. The Bertz CT molecular complexity index is 141. The first-order valence-electron chi connectivity index (χ1n) is 2.36. The molecule has 1 rings (SSSR count). The molecule has 2 nitrogen and oxygen atoms in total. The van der Waals surface area contributed by atoms with Gasteiger partial charge in [0.05, 0.1) is 0 Å². The second kappa shape index (κ2) is 6.06. The maximum absolute atomic E-state index is 6.00. The zero-order valence-electron chi connectivity index (χ0n) is 4.78. The molecule has 0 unspecified atom stereocenters. The summed E-state index contributed by atoms with van der Waals surface area (Å²) in [6.45, 7) is 0. The van der Waals surface area contributed by atoms with Crippen molar-refractivity contribution in [1.82, 2.24) is 0 Å². The van der Waals surface area contributed by atoms with E-state index in [-0.39, 0.29) is 0 Å². The molecule has 3 heteroatoms. The summed E-state index contributed by atoms with van der Waals surface area (Å²) < 4.78 is 1.41. The fraction of sp³-hybridized carbons (Fsp3) is 0. The van der Waals surface area contributed by atoms with Gasteiger partial charge in [0, 0.05) is 0 Å². The van der Waals surface area contributed by atoms with Crippen LogP contribution in [0.5, 0.6) is 0 Å². The van der Waals surface area contributed by atoms with E-state index in [0.29, 0.717) is 0 Å². The molecule has 1 aromatic rings. The summed E-state index contributed by atoms with van der Waals surface area (Å²) in [6.07, 6.45) is 0. The summed E-state index contributed by atoms with van der Waals surface area (Å²) in [5.74, 6) is 0. The molecule has 0 aliphatic carbocycles. The van der Waals surface area contributed by atoms with Gasteiger partial charge in [-0.25, -0.2) is 0 Å². The van der Waals surface area contributed by atoms with Crippen molar-refractivity contribution in [3.63, 3.8) is 0 Å². The van der Waals surface area contributed by atoms with Gasteiger partial charge in [-0.05, 0) is 0 Å². The molecule has 0 fully saturated rings. The second-order valence-electron chi connectivity index (χ2n) is 1.37. The van der Waals surface area contributed by atoms with E-state index in [2.05, 4.69) is 24.3 Å². The van der Waals surface area contributed by atoms with Gasteiger partial charge in [0.1, 0.15) is 0 Å². The van der Waals surface area contributed by atoms with Crippen LogP contribution in [0.25, 0.3) is 0 Å². The molecule has 47 valence electrons. The van der Waals surface area contributed by atoms with Crippen LogP contribution < -0.4 is 3.58 Å². The maximum atomic E-state index is 6.00. The standard InChI is InChI=1S/C6H5.H2O2.Sn/c1-2-4-6-5-3-1;1-2;/h1-5H;1-2H;. The fourth-order valence-corrected chi connectivity index (χ4v) is 0.987. The molecule has 2 N–H and O–H groups in total. The third-order valence-electron chi connectivity index (χ3n) is 0.774. The molecule has 9 heavy (non-hydrogen) atoms. The van der Waals surface area contributed by atoms with Gasteiger partial charge in [-0.3, -0.25) is 10.5 Å². The van der Waals surface area contributed by atoms with Crippen molar-refractivity contribution < 1.29 is 10.5 Å². The van der Waals surface area contributed by atoms with Crippen molar-refractivity contribution in [2.75, 3.05) is 0 Å². The predicted molar refractivity (Wildman–Crippen MR) is 37.1 cm³/mol. The summed E-state index contributed by atoms with van der Waals surface area (Å²) in [7, 11) is 0. The molecule has 0 aliphatic rings.